The highest BCUT2D eigenvalue weighted by Crippen LogP contribution is 2.10. The number of aryl methyl sites for hydroxylation is 1. The fourth-order valence-corrected chi connectivity index (χ4v) is 1.31. The van der Waals surface area contributed by atoms with E-state index >= 15 is 0 Å². The lowest BCUT2D eigenvalue weighted by Crippen LogP contribution is -2.23. The van der Waals surface area contributed by atoms with Crippen molar-refractivity contribution in [1.82, 2.24) is 0 Å². The van der Waals surface area contributed by atoms with Gasteiger partial charge in [-0.05, 0) is 24.1 Å². The Morgan fingerprint density at radius 1 is 1.50 bits per heavy atom. The predicted octanol–water partition coefficient (Wildman–Crippen LogP) is 1.62. The number of nitrogens with two attached hydrogens (primary N) is 1. The molecule has 0 spiro atoms. The van der Waals surface area contributed by atoms with Crippen LogP contribution in [0.15, 0.2) is 29.3 Å². The van der Waals surface area contributed by atoms with E-state index in [1.54, 1.807) is 7.11 Å². The summed E-state index contributed by atoms with van der Waals surface area (Å²) in [6.07, 6.45) is 1.01. The summed E-state index contributed by atoms with van der Waals surface area (Å²) in [5.74, 6) is 0.422. The van der Waals surface area contributed by atoms with Crippen LogP contribution in [0, 0.1) is 0 Å². The number of anilines is 1. The monoisotopic (exact) mass is 221 g/mol. The van der Waals surface area contributed by atoms with Gasteiger partial charge in [-0.2, -0.15) is 0 Å². The van der Waals surface area contributed by atoms with Crippen LogP contribution >= 0.6 is 0 Å². The molecule has 0 amide bonds. The number of aliphatic imine (C=N–C) groups is 1. The molecule has 0 radical (unpaired) electrons. The van der Waals surface area contributed by atoms with E-state index in [4.69, 9.17) is 10.5 Å². The summed E-state index contributed by atoms with van der Waals surface area (Å²) >= 11 is 0. The maximum absolute atomic E-state index is 5.72. The number of nitrogens with one attached hydrogen (secondary N) is 1. The average molecular weight is 221 g/mol. The Balaban J connectivity index is 2.54. The van der Waals surface area contributed by atoms with E-state index < -0.39 is 0 Å². The second kappa shape index (κ2) is 6.85. The molecule has 0 atom stereocenters. The lowest BCUT2D eigenvalue weighted by atomic mass is 10.1. The Kier molecular flexibility index (Phi) is 5.36. The first-order chi connectivity index (χ1) is 7.76. The zero-order valence-corrected chi connectivity index (χ0v) is 9.86. The first-order valence-corrected chi connectivity index (χ1v) is 5.41. The molecule has 0 aliphatic heterocycles. The molecule has 4 heteroatoms. The summed E-state index contributed by atoms with van der Waals surface area (Å²) < 4.78 is 4.89. The van der Waals surface area contributed by atoms with E-state index in [1.807, 2.05) is 12.1 Å². The Hall–Kier alpha value is -1.55. The minimum absolute atomic E-state index is 0.422. The maximum Gasteiger partial charge on any atom is 0.193 e. The number of rotatable bonds is 5. The van der Waals surface area contributed by atoms with Crippen LogP contribution in [-0.2, 0) is 11.2 Å². The van der Waals surface area contributed by atoms with Crippen molar-refractivity contribution in [1.29, 1.82) is 0 Å². The van der Waals surface area contributed by atoms with Crippen molar-refractivity contribution < 1.29 is 4.74 Å². The van der Waals surface area contributed by atoms with Crippen LogP contribution in [0.4, 0.5) is 5.69 Å². The van der Waals surface area contributed by atoms with Crippen molar-refractivity contribution >= 4 is 11.6 Å². The van der Waals surface area contributed by atoms with E-state index in [0.717, 1.165) is 12.1 Å². The molecular weight excluding hydrogens is 202 g/mol. The normalized spacial score (nSPS) is 11.5. The van der Waals surface area contributed by atoms with Crippen LogP contribution in [-0.4, -0.2) is 26.2 Å². The topological polar surface area (TPSA) is 59.6 Å². The van der Waals surface area contributed by atoms with Gasteiger partial charge >= 0.3 is 0 Å². The van der Waals surface area contributed by atoms with Gasteiger partial charge in [-0.3, -0.25) is 4.99 Å². The van der Waals surface area contributed by atoms with Crippen LogP contribution in [0.1, 0.15) is 12.5 Å². The SMILES string of the molecule is CCc1cccc(NC(N)=NCCOC)c1. The summed E-state index contributed by atoms with van der Waals surface area (Å²) in [4.78, 5) is 4.12. The van der Waals surface area contributed by atoms with E-state index in [2.05, 4.69) is 29.4 Å². The van der Waals surface area contributed by atoms with Crippen LogP contribution < -0.4 is 11.1 Å². The minimum atomic E-state index is 0.422. The Morgan fingerprint density at radius 3 is 3.00 bits per heavy atom. The lowest BCUT2D eigenvalue weighted by Gasteiger charge is -2.06. The van der Waals surface area contributed by atoms with Crippen molar-refractivity contribution in [2.24, 2.45) is 10.7 Å². The number of hydrogen-bond acceptors (Lipinski definition) is 2. The van der Waals surface area contributed by atoms with Gasteiger partial charge in [0.1, 0.15) is 0 Å². The van der Waals surface area contributed by atoms with Gasteiger partial charge in [-0.15, -0.1) is 0 Å². The number of ether oxygens (including phenoxy) is 1. The average Bonchev–Trinajstić information content (AvgIpc) is 2.29. The van der Waals surface area contributed by atoms with Gasteiger partial charge in [0.15, 0.2) is 5.96 Å². The molecular formula is C12H19N3O. The van der Waals surface area contributed by atoms with Gasteiger partial charge in [0, 0.05) is 12.8 Å². The van der Waals surface area contributed by atoms with Gasteiger partial charge in [0.25, 0.3) is 0 Å². The smallest absolute Gasteiger partial charge is 0.193 e. The van der Waals surface area contributed by atoms with Crippen molar-refractivity contribution in [3.05, 3.63) is 29.8 Å². The summed E-state index contributed by atoms with van der Waals surface area (Å²) in [7, 11) is 1.64. The molecule has 1 rings (SSSR count). The van der Waals surface area contributed by atoms with Gasteiger partial charge in [0.2, 0.25) is 0 Å². The largest absolute Gasteiger partial charge is 0.383 e. The molecule has 88 valence electrons. The molecule has 0 bridgehead atoms. The summed E-state index contributed by atoms with van der Waals surface area (Å²) in [6.45, 7) is 3.27. The van der Waals surface area contributed by atoms with E-state index in [1.165, 1.54) is 5.56 Å². The van der Waals surface area contributed by atoms with E-state index in [9.17, 15) is 0 Å². The molecule has 1 aromatic rings. The number of nitrogens with zero attached hydrogens (tertiary/aromatic N) is 1. The Morgan fingerprint density at radius 2 is 2.31 bits per heavy atom. The zero-order valence-electron chi connectivity index (χ0n) is 9.86. The summed E-state index contributed by atoms with van der Waals surface area (Å²) in [5.41, 5.74) is 7.96. The molecule has 0 heterocycles. The minimum Gasteiger partial charge on any atom is -0.383 e. The lowest BCUT2D eigenvalue weighted by molar-refractivity contribution is 0.208. The quantitative estimate of drug-likeness (QED) is 0.451. The Labute approximate surface area is 96.5 Å². The molecule has 3 N–H and O–H groups in total. The Bertz CT molecular complexity index is 350. The molecule has 0 aliphatic rings. The molecule has 0 unspecified atom stereocenters. The van der Waals surface area contributed by atoms with Crippen LogP contribution in [0.25, 0.3) is 0 Å². The number of benzene rings is 1. The van der Waals surface area contributed by atoms with Crippen molar-refractivity contribution in [2.45, 2.75) is 13.3 Å². The van der Waals surface area contributed by atoms with E-state index in [0.29, 0.717) is 19.1 Å². The molecule has 0 saturated heterocycles. The first kappa shape index (κ1) is 12.5. The molecule has 0 saturated carbocycles. The highest BCUT2D eigenvalue weighted by molar-refractivity contribution is 5.92. The number of methoxy groups -OCH3 is 1. The van der Waals surface area contributed by atoms with Gasteiger partial charge in [-0.1, -0.05) is 19.1 Å². The predicted molar refractivity (Wildman–Crippen MR) is 67.8 cm³/mol. The van der Waals surface area contributed by atoms with Gasteiger partial charge < -0.3 is 15.8 Å². The third-order valence-corrected chi connectivity index (χ3v) is 2.19. The first-order valence-electron chi connectivity index (χ1n) is 5.41. The summed E-state index contributed by atoms with van der Waals surface area (Å²) in [5, 5.41) is 3.05. The van der Waals surface area contributed by atoms with Crippen molar-refractivity contribution in [2.75, 3.05) is 25.6 Å². The van der Waals surface area contributed by atoms with Crippen LogP contribution in [0.3, 0.4) is 0 Å². The van der Waals surface area contributed by atoms with Crippen LogP contribution in [0.2, 0.25) is 0 Å². The van der Waals surface area contributed by atoms with Gasteiger partial charge in [-0.25, -0.2) is 0 Å². The fraction of sp³-hybridized carbons (Fsp3) is 0.417. The zero-order chi connectivity index (χ0) is 11.8. The molecule has 1 aromatic carbocycles. The number of guanidine groups is 1. The third-order valence-electron chi connectivity index (χ3n) is 2.19. The fourth-order valence-electron chi connectivity index (χ4n) is 1.31. The van der Waals surface area contributed by atoms with Gasteiger partial charge in [0.05, 0.1) is 13.2 Å². The van der Waals surface area contributed by atoms with Crippen molar-refractivity contribution in [3.63, 3.8) is 0 Å². The number of hydrogen-bond donors (Lipinski definition) is 2. The molecule has 0 fully saturated rings. The highest BCUT2D eigenvalue weighted by Gasteiger charge is 1.95. The maximum atomic E-state index is 5.72. The second-order valence-corrected chi connectivity index (χ2v) is 3.44. The standard InChI is InChI=1S/C12H19N3O/c1-3-10-5-4-6-11(9-10)15-12(13)14-7-8-16-2/h4-6,9H,3,7-8H2,1-2H3,(H3,13,14,15). The highest BCUT2D eigenvalue weighted by atomic mass is 16.5. The molecule has 0 aliphatic carbocycles. The summed E-state index contributed by atoms with van der Waals surface area (Å²) in [6, 6.07) is 8.13. The third kappa shape index (κ3) is 4.31. The van der Waals surface area contributed by atoms with Crippen molar-refractivity contribution in [3.8, 4) is 0 Å². The molecule has 0 aromatic heterocycles. The second-order valence-electron chi connectivity index (χ2n) is 3.44. The van der Waals surface area contributed by atoms with Crippen LogP contribution in [0.5, 0.6) is 0 Å². The van der Waals surface area contributed by atoms with E-state index in [-0.39, 0.29) is 0 Å². The molecule has 4 nitrogen and oxygen atoms in total. The molecule has 16 heavy (non-hydrogen) atoms.